The van der Waals surface area contributed by atoms with Crippen LogP contribution in [-0.2, 0) is 4.74 Å². The molecule has 0 aliphatic carbocycles. The number of rotatable bonds is 1. The molecule has 2 bridgehead atoms. The molecule has 0 N–H and O–H groups in total. The van der Waals surface area contributed by atoms with E-state index in [1.165, 1.54) is 5.57 Å². The maximum Gasteiger partial charge on any atom is 0.411 e. The smallest absolute Gasteiger partial charge is 0.411 e. The van der Waals surface area contributed by atoms with Gasteiger partial charge < -0.3 is 4.74 Å². The van der Waals surface area contributed by atoms with Gasteiger partial charge in [-0.05, 0) is 75.8 Å². The molecule has 3 rings (SSSR count). The van der Waals surface area contributed by atoms with Gasteiger partial charge in [-0.2, -0.15) is 0 Å². The molecule has 2 aliphatic heterocycles. The fourth-order valence-electron chi connectivity index (χ4n) is 3.58. The minimum Gasteiger partial charge on any atom is -0.444 e. The molecule has 0 saturated carbocycles. The third-order valence-corrected chi connectivity index (χ3v) is 4.91. The predicted octanol–water partition coefficient (Wildman–Crippen LogP) is 5.94. The predicted molar refractivity (Wildman–Crippen MR) is 98.6 cm³/mol. The Bertz CT molecular complexity index is 658. The molecule has 2 unspecified atom stereocenters. The van der Waals surface area contributed by atoms with E-state index >= 15 is 0 Å². The van der Waals surface area contributed by atoms with E-state index in [9.17, 15) is 4.79 Å². The van der Waals surface area contributed by atoms with Gasteiger partial charge in [0, 0.05) is 16.1 Å². The van der Waals surface area contributed by atoms with Gasteiger partial charge in [-0.15, -0.1) is 0 Å². The highest BCUT2D eigenvalue weighted by Gasteiger charge is 2.39. The molecule has 3 nitrogen and oxygen atoms in total. The van der Waals surface area contributed by atoms with Gasteiger partial charge in [0.1, 0.15) is 5.60 Å². The van der Waals surface area contributed by atoms with Crippen molar-refractivity contribution in [2.45, 2.75) is 64.1 Å². The van der Waals surface area contributed by atoms with Crippen molar-refractivity contribution in [3.8, 4) is 0 Å². The molecule has 0 radical (unpaired) electrons. The molecule has 1 aromatic rings. The van der Waals surface area contributed by atoms with Crippen LogP contribution < -0.4 is 0 Å². The summed E-state index contributed by atoms with van der Waals surface area (Å²) in [5.74, 6) is 0. The van der Waals surface area contributed by atoms with Crippen LogP contribution in [0.4, 0.5) is 4.79 Å². The zero-order valence-corrected chi connectivity index (χ0v) is 15.8. The highest BCUT2D eigenvalue weighted by molar-refractivity contribution is 6.34. The number of carbonyl (C=O) groups is 1. The van der Waals surface area contributed by atoms with E-state index in [4.69, 9.17) is 27.9 Å². The lowest BCUT2D eigenvalue weighted by molar-refractivity contribution is 0.0000858. The van der Waals surface area contributed by atoms with Gasteiger partial charge >= 0.3 is 6.09 Å². The minimum absolute atomic E-state index is 0.0834. The Morgan fingerprint density at radius 1 is 1.17 bits per heavy atom. The summed E-state index contributed by atoms with van der Waals surface area (Å²) in [5, 5.41) is 1.27. The number of carbonyl (C=O) groups excluding carboxylic acids is 1. The third-order valence-electron chi connectivity index (χ3n) is 4.47. The molecule has 2 aliphatic rings. The van der Waals surface area contributed by atoms with Gasteiger partial charge in [0.15, 0.2) is 0 Å². The third kappa shape index (κ3) is 3.89. The molecule has 24 heavy (non-hydrogen) atoms. The summed E-state index contributed by atoms with van der Waals surface area (Å²) in [6.07, 6.45) is 5.88. The van der Waals surface area contributed by atoms with Gasteiger partial charge in [-0.3, -0.25) is 4.90 Å². The van der Waals surface area contributed by atoms with Crippen molar-refractivity contribution in [2.24, 2.45) is 0 Å². The van der Waals surface area contributed by atoms with Crippen LogP contribution in [0.25, 0.3) is 5.57 Å². The fraction of sp³-hybridized carbons (Fsp3) is 0.526. The van der Waals surface area contributed by atoms with E-state index in [1.807, 2.05) is 37.8 Å². The Labute approximate surface area is 153 Å². The first-order valence-electron chi connectivity index (χ1n) is 8.41. The molecule has 1 fully saturated rings. The van der Waals surface area contributed by atoms with Crippen molar-refractivity contribution in [3.05, 3.63) is 39.9 Å². The molecule has 0 aromatic heterocycles. The SMILES string of the molecule is CC(C)(C)OC(=O)N1C2C=C(c3cc(Cl)cc(Cl)c3)CC1CCC2. The second-order valence-electron chi connectivity index (χ2n) is 7.59. The topological polar surface area (TPSA) is 29.5 Å². The van der Waals surface area contributed by atoms with Gasteiger partial charge in [0.2, 0.25) is 0 Å². The monoisotopic (exact) mass is 367 g/mol. The second-order valence-corrected chi connectivity index (χ2v) is 8.47. The average molecular weight is 368 g/mol. The summed E-state index contributed by atoms with van der Waals surface area (Å²) < 4.78 is 5.61. The standard InChI is InChI=1S/C19H23Cl2NO2/c1-19(2,3)24-18(23)22-16-5-4-6-17(22)10-13(9-16)12-7-14(20)11-15(21)8-12/h7-9,11,16-17H,4-6,10H2,1-3H3. The maximum absolute atomic E-state index is 12.6. The molecule has 2 atom stereocenters. The first kappa shape index (κ1) is 17.6. The van der Waals surface area contributed by atoms with Gasteiger partial charge in [0.05, 0.1) is 6.04 Å². The molecule has 130 valence electrons. The lowest BCUT2D eigenvalue weighted by atomic mass is 9.83. The lowest BCUT2D eigenvalue weighted by Crippen LogP contribution is -2.53. The van der Waals surface area contributed by atoms with Crippen molar-refractivity contribution in [2.75, 3.05) is 0 Å². The number of hydrogen-bond acceptors (Lipinski definition) is 2. The normalized spacial score (nSPS) is 23.7. The Morgan fingerprint density at radius 3 is 2.42 bits per heavy atom. The van der Waals surface area contributed by atoms with E-state index in [1.54, 1.807) is 6.07 Å². The molecule has 1 saturated heterocycles. The average Bonchev–Trinajstić information content (AvgIpc) is 2.42. The lowest BCUT2D eigenvalue weighted by Gasteiger charge is -2.45. The van der Waals surface area contributed by atoms with Gasteiger partial charge in [-0.25, -0.2) is 4.79 Å². The van der Waals surface area contributed by atoms with Crippen LogP contribution in [0.1, 0.15) is 52.0 Å². The Hall–Kier alpha value is -1.19. The number of amides is 1. The summed E-state index contributed by atoms with van der Waals surface area (Å²) in [4.78, 5) is 14.5. The van der Waals surface area contributed by atoms with E-state index in [2.05, 4.69) is 6.08 Å². The second kappa shape index (κ2) is 6.61. The Balaban J connectivity index is 1.88. The zero-order chi connectivity index (χ0) is 17.5. The molecule has 0 spiro atoms. The molecule has 1 amide bonds. The van der Waals surface area contributed by atoms with Crippen LogP contribution in [-0.4, -0.2) is 28.7 Å². The fourth-order valence-corrected chi connectivity index (χ4v) is 4.11. The van der Waals surface area contributed by atoms with Crippen LogP contribution in [0, 0.1) is 0 Å². The number of piperidine rings is 1. The minimum atomic E-state index is -0.476. The molecule has 2 heterocycles. The van der Waals surface area contributed by atoms with Crippen molar-refractivity contribution >= 4 is 34.9 Å². The van der Waals surface area contributed by atoms with Crippen LogP contribution in [0.5, 0.6) is 0 Å². The first-order valence-corrected chi connectivity index (χ1v) is 9.17. The molecule has 5 heteroatoms. The quantitative estimate of drug-likeness (QED) is 0.614. The summed E-state index contributed by atoms with van der Waals surface area (Å²) in [7, 11) is 0. The van der Waals surface area contributed by atoms with Crippen molar-refractivity contribution in [3.63, 3.8) is 0 Å². The van der Waals surface area contributed by atoms with E-state index in [-0.39, 0.29) is 18.2 Å². The van der Waals surface area contributed by atoms with E-state index in [0.717, 1.165) is 31.2 Å². The van der Waals surface area contributed by atoms with E-state index < -0.39 is 5.60 Å². The van der Waals surface area contributed by atoms with Crippen LogP contribution in [0.15, 0.2) is 24.3 Å². The number of halogens is 2. The van der Waals surface area contributed by atoms with Crippen LogP contribution >= 0.6 is 23.2 Å². The van der Waals surface area contributed by atoms with E-state index in [0.29, 0.717) is 10.0 Å². The van der Waals surface area contributed by atoms with Crippen molar-refractivity contribution in [1.29, 1.82) is 0 Å². The summed E-state index contributed by atoms with van der Waals surface area (Å²) >= 11 is 12.3. The van der Waals surface area contributed by atoms with Crippen molar-refractivity contribution < 1.29 is 9.53 Å². The van der Waals surface area contributed by atoms with Crippen molar-refractivity contribution in [1.82, 2.24) is 4.90 Å². The summed E-state index contributed by atoms with van der Waals surface area (Å²) in [6, 6.07) is 5.89. The molecular weight excluding hydrogens is 345 g/mol. The summed E-state index contributed by atoms with van der Waals surface area (Å²) in [6.45, 7) is 5.71. The zero-order valence-electron chi connectivity index (χ0n) is 14.3. The highest BCUT2D eigenvalue weighted by atomic mass is 35.5. The maximum atomic E-state index is 12.6. The Kier molecular flexibility index (Phi) is 4.85. The van der Waals surface area contributed by atoms with Crippen LogP contribution in [0.2, 0.25) is 10.0 Å². The number of hydrogen-bond donors (Lipinski definition) is 0. The number of fused-ring (bicyclic) bond motifs is 2. The highest BCUT2D eigenvalue weighted by Crippen LogP contribution is 2.39. The number of benzene rings is 1. The largest absolute Gasteiger partial charge is 0.444 e. The molecule has 1 aromatic carbocycles. The summed E-state index contributed by atoms with van der Waals surface area (Å²) in [5.41, 5.74) is 1.79. The van der Waals surface area contributed by atoms with Gasteiger partial charge in [0.25, 0.3) is 0 Å². The molecular formula is C19H23Cl2NO2. The van der Waals surface area contributed by atoms with Crippen LogP contribution in [0.3, 0.4) is 0 Å². The number of ether oxygens (including phenoxy) is 1. The number of nitrogens with zero attached hydrogens (tertiary/aromatic N) is 1. The van der Waals surface area contributed by atoms with Gasteiger partial charge in [-0.1, -0.05) is 29.3 Å². The Morgan fingerprint density at radius 2 is 1.83 bits per heavy atom. The first-order chi connectivity index (χ1) is 11.2.